The number of anilines is 1. The second-order valence-corrected chi connectivity index (χ2v) is 9.44. The Balaban J connectivity index is 1.25. The van der Waals surface area contributed by atoms with Crippen molar-refractivity contribution in [1.29, 1.82) is 0 Å². The molecule has 2 fully saturated rings. The molecule has 30 heavy (non-hydrogen) atoms. The number of ether oxygens (including phenoxy) is 1. The molecule has 1 atom stereocenters. The molecule has 9 heteroatoms. The first kappa shape index (κ1) is 21.5. The molecule has 2 aliphatic heterocycles. The van der Waals surface area contributed by atoms with Crippen LogP contribution in [0.3, 0.4) is 0 Å². The fourth-order valence-electron chi connectivity index (χ4n) is 3.97. The molecule has 0 aliphatic carbocycles. The Hall–Kier alpha value is -1.68. The van der Waals surface area contributed by atoms with E-state index in [1.54, 1.807) is 11.3 Å². The Morgan fingerprint density at radius 2 is 2.03 bits per heavy atom. The van der Waals surface area contributed by atoms with Crippen LogP contribution >= 0.6 is 22.7 Å². The molecule has 0 amide bonds. The minimum absolute atomic E-state index is 0.342. The number of aromatic nitrogens is 1. The summed E-state index contributed by atoms with van der Waals surface area (Å²) in [7, 11) is 1.83. The SMILES string of the molecule is CN=C(NCCc1csc(N2CCCC2)n1)NCC(c1cccs1)N1CCOCC1. The highest BCUT2D eigenvalue weighted by molar-refractivity contribution is 7.13. The van der Waals surface area contributed by atoms with Crippen LogP contribution in [0.1, 0.15) is 29.5 Å². The summed E-state index contributed by atoms with van der Waals surface area (Å²) in [5.41, 5.74) is 1.16. The van der Waals surface area contributed by atoms with Gasteiger partial charge >= 0.3 is 0 Å². The molecule has 4 rings (SSSR count). The van der Waals surface area contributed by atoms with E-state index in [2.05, 4.69) is 48.3 Å². The molecule has 0 radical (unpaired) electrons. The van der Waals surface area contributed by atoms with Crippen LogP contribution in [0, 0.1) is 0 Å². The number of hydrogen-bond acceptors (Lipinski definition) is 7. The summed E-state index contributed by atoms with van der Waals surface area (Å²) in [4.78, 5) is 15.5. The standard InChI is InChI=1S/C21H32N6OS2/c1-22-20(23-7-6-17-16-30-21(25-17)27-8-2-3-9-27)24-15-18(19-5-4-14-29-19)26-10-12-28-13-11-26/h4-5,14,16,18H,2-3,6-13,15H2,1H3,(H2,22,23,24). The quantitative estimate of drug-likeness (QED) is 0.478. The molecule has 2 aromatic rings. The lowest BCUT2D eigenvalue weighted by Gasteiger charge is -2.34. The van der Waals surface area contributed by atoms with Crippen molar-refractivity contribution >= 4 is 33.8 Å². The summed E-state index contributed by atoms with van der Waals surface area (Å²) in [6, 6.07) is 4.70. The summed E-state index contributed by atoms with van der Waals surface area (Å²) < 4.78 is 5.54. The maximum absolute atomic E-state index is 5.54. The van der Waals surface area contributed by atoms with Gasteiger partial charge in [0.1, 0.15) is 0 Å². The number of guanidine groups is 1. The highest BCUT2D eigenvalue weighted by Gasteiger charge is 2.23. The topological polar surface area (TPSA) is 65.0 Å². The molecule has 2 aromatic heterocycles. The van der Waals surface area contributed by atoms with E-state index in [0.717, 1.165) is 70.6 Å². The van der Waals surface area contributed by atoms with Crippen molar-refractivity contribution < 1.29 is 4.74 Å². The van der Waals surface area contributed by atoms with E-state index >= 15 is 0 Å². The number of nitrogens with zero attached hydrogens (tertiary/aromatic N) is 4. The molecule has 0 saturated carbocycles. The highest BCUT2D eigenvalue weighted by atomic mass is 32.1. The van der Waals surface area contributed by atoms with Crippen LogP contribution in [0.25, 0.3) is 0 Å². The van der Waals surface area contributed by atoms with Crippen molar-refractivity contribution in [1.82, 2.24) is 20.5 Å². The molecule has 2 saturated heterocycles. The van der Waals surface area contributed by atoms with Gasteiger partial charge in [-0.15, -0.1) is 22.7 Å². The predicted octanol–water partition coefficient (Wildman–Crippen LogP) is 2.59. The van der Waals surface area contributed by atoms with E-state index in [1.807, 2.05) is 18.4 Å². The fraction of sp³-hybridized carbons (Fsp3) is 0.619. The van der Waals surface area contributed by atoms with E-state index < -0.39 is 0 Å². The second kappa shape index (κ2) is 11.1. The van der Waals surface area contributed by atoms with Gasteiger partial charge in [0.2, 0.25) is 0 Å². The van der Waals surface area contributed by atoms with E-state index in [4.69, 9.17) is 9.72 Å². The Morgan fingerprint density at radius 1 is 1.20 bits per heavy atom. The average Bonchev–Trinajstić information content (AvgIpc) is 3.56. The van der Waals surface area contributed by atoms with Crippen molar-refractivity contribution in [2.24, 2.45) is 4.99 Å². The summed E-state index contributed by atoms with van der Waals surface area (Å²) in [6.07, 6.45) is 3.48. The molecule has 4 heterocycles. The van der Waals surface area contributed by atoms with Gasteiger partial charge in [-0.1, -0.05) is 6.07 Å². The first-order chi connectivity index (χ1) is 14.8. The maximum atomic E-state index is 5.54. The van der Waals surface area contributed by atoms with Gasteiger partial charge in [0, 0.05) is 63.0 Å². The highest BCUT2D eigenvalue weighted by Crippen LogP contribution is 2.26. The Morgan fingerprint density at radius 3 is 2.77 bits per heavy atom. The molecule has 0 bridgehead atoms. The zero-order valence-electron chi connectivity index (χ0n) is 17.7. The number of rotatable bonds is 8. The van der Waals surface area contributed by atoms with Crippen molar-refractivity contribution in [3.05, 3.63) is 33.5 Å². The van der Waals surface area contributed by atoms with Crippen LogP contribution in [0.2, 0.25) is 0 Å². The number of thiazole rings is 1. The number of nitrogens with one attached hydrogen (secondary N) is 2. The van der Waals surface area contributed by atoms with Crippen LogP contribution < -0.4 is 15.5 Å². The van der Waals surface area contributed by atoms with Gasteiger partial charge in [0.15, 0.2) is 11.1 Å². The smallest absolute Gasteiger partial charge is 0.191 e. The number of thiophene rings is 1. The summed E-state index contributed by atoms with van der Waals surface area (Å²) in [6.45, 7) is 7.51. The zero-order valence-corrected chi connectivity index (χ0v) is 19.3. The molecule has 1 unspecified atom stereocenters. The van der Waals surface area contributed by atoms with Gasteiger partial charge in [0.25, 0.3) is 0 Å². The van der Waals surface area contributed by atoms with Crippen LogP contribution in [0.4, 0.5) is 5.13 Å². The molecular weight excluding hydrogens is 416 g/mol. The molecule has 7 nitrogen and oxygen atoms in total. The van der Waals surface area contributed by atoms with Gasteiger partial charge in [-0.3, -0.25) is 9.89 Å². The molecule has 0 spiro atoms. The van der Waals surface area contributed by atoms with E-state index in [0.29, 0.717) is 6.04 Å². The molecule has 2 N–H and O–H groups in total. The molecule has 164 valence electrons. The Labute approximate surface area is 187 Å². The lowest BCUT2D eigenvalue weighted by Crippen LogP contribution is -2.46. The summed E-state index contributed by atoms with van der Waals surface area (Å²) >= 11 is 3.58. The number of hydrogen-bond donors (Lipinski definition) is 2. The van der Waals surface area contributed by atoms with Gasteiger partial charge in [0.05, 0.1) is 24.9 Å². The predicted molar refractivity (Wildman–Crippen MR) is 126 cm³/mol. The molecule has 0 aromatic carbocycles. The maximum Gasteiger partial charge on any atom is 0.191 e. The third-order valence-electron chi connectivity index (χ3n) is 5.63. The third-order valence-corrected chi connectivity index (χ3v) is 7.56. The van der Waals surface area contributed by atoms with Crippen molar-refractivity contribution in [2.75, 3.05) is 64.4 Å². The molecular formula is C21H32N6OS2. The number of aliphatic imine (C=N–C) groups is 1. The van der Waals surface area contributed by atoms with Crippen molar-refractivity contribution in [3.63, 3.8) is 0 Å². The van der Waals surface area contributed by atoms with Gasteiger partial charge in [-0.05, 0) is 24.3 Å². The van der Waals surface area contributed by atoms with Crippen LogP contribution in [-0.2, 0) is 11.2 Å². The second-order valence-electron chi connectivity index (χ2n) is 7.63. The van der Waals surface area contributed by atoms with E-state index in [9.17, 15) is 0 Å². The van der Waals surface area contributed by atoms with Crippen molar-refractivity contribution in [2.45, 2.75) is 25.3 Å². The monoisotopic (exact) mass is 448 g/mol. The lowest BCUT2D eigenvalue weighted by molar-refractivity contribution is 0.0177. The van der Waals surface area contributed by atoms with Crippen LogP contribution in [0.15, 0.2) is 27.9 Å². The summed E-state index contributed by atoms with van der Waals surface area (Å²) in [5, 5.41) is 12.5. The lowest BCUT2D eigenvalue weighted by atomic mass is 10.2. The van der Waals surface area contributed by atoms with Gasteiger partial charge in [-0.25, -0.2) is 4.98 Å². The van der Waals surface area contributed by atoms with Crippen molar-refractivity contribution in [3.8, 4) is 0 Å². The third kappa shape index (κ3) is 5.72. The normalized spacial score (nSPS) is 19.2. The van der Waals surface area contributed by atoms with Crippen LogP contribution in [-0.4, -0.2) is 75.4 Å². The van der Waals surface area contributed by atoms with Gasteiger partial charge in [-0.2, -0.15) is 0 Å². The van der Waals surface area contributed by atoms with E-state index in [-0.39, 0.29) is 0 Å². The van der Waals surface area contributed by atoms with Gasteiger partial charge < -0.3 is 20.3 Å². The largest absolute Gasteiger partial charge is 0.379 e. The summed E-state index contributed by atoms with van der Waals surface area (Å²) in [5.74, 6) is 0.847. The fourth-order valence-corrected chi connectivity index (χ4v) is 5.74. The van der Waals surface area contributed by atoms with Crippen LogP contribution in [0.5, 0.6) is 0 Å². The minimum Gasteiger partial charge on any atom is -0.379 e. The first-order valence-corrected chi connectivity index (χ1v) is 12.6. The minimum atomic E-state index is 0.342. The zero-order chi connectivity index (χ0) is 20.6. The first-order valence-electron chi connectivity index (χ1n) is 10.8. The number of morpholine rings is 1. The Bertz CT molecular complexity index is 781. The Kier molecular flexibility index (Phi) is 7.96. The van der Waals surface area contributed by atoms with E-state index in [1.165, 1.54) is 22.9 Å². The molecule has 2 aliphatic rings. The average molecular weight is 449 g/mol.